The molecule has 5 nitrogen and oxygen atoms in total. The lowest BCUT2D eigenvalue weighted by molar-refractivity contribution is -0.139. The van der Waals surface area contributed by atoms with Crippen molar-refractivity contribution in [2.75, 3.05) is 13.6 Å². The van der Waals surface area contributed by atoms with Crippen molar-refractivity contribution >= 4 is 23.6 Å². The molecule has 0 aliphatic heterocycles. The van der Waals surface area contributed by atoms with E-state index in [1.54, 1.807) is 31.3 Å². The quantitative estimate of drug-likeness (QED) is 0.847. The van der Waals surface area contributed by atoms with Crippen LogP contribution in [-0.4, -0.2) is 35.6 Å². The molecule has 0 fully saturated rings. The summed E-state index contributed by atoms with van der Waals surface area (Å²) in [6.07, 6.45) is 0.949. The van der Waals surface area contributed by atoms with Gasteiger partial charge >= 0.3 is 12.0 Å². The molecule has 2 atom stereocenters. The van der Waals surface area contributed by atoms with E-state index in [9.17, 15) is 14.7 Å². The number of aliphatic carboxylic acids is 1. The van der Waals surface area contributed by atoms with E-state index >= 15 is 0 Å². The van der Waals surface area contributed by atoms with Crippen LogP contribution in [0.25, 0.3) is 0 Å². The Bertz CT molecular complexity index is 507. The molecule has 6 heteroatoms. The SMILES string of the molecule is CCC(C)CN(C)C(=O)N[C@@H](C(=O)O)c1ccccc1Cl. The number of halogens is 1. The fraction of sp³-hybridized carbons (Fsp3) is 0.467. The van der Waals surface area contributed by atoms with Crippen molar-refractivity contribution in [2.24, 2.45) is 5.92 Å². The molecule has 1 unspecified atom stereocenters. The van der Waals surface area contributed by atoms with Crippen LogP contribution in [0, 0.1) is 5.92 Å². The third-order valence-electron chi connectivity index (χ3n) is 3.36. The Hall–Kier alpha value is -1.75. The molecule has 0 aliphatic rings. The number of nitrogens with zero attached hydrogens (tertiary/aromatic N) is 1. The molecule has 116 valence electrons. The molecule has 0 bridgehead atoms. The van der Waals surface area contributed by atoms with Crippen LogP contribution in [0.15, 0.2) is 24.3 Å². The number of urea groups is 1. The Labute approximate surface area is 129 Å². The maximum Gasteiger partial charge on any atom is 0.331 e. The van der Waals surface area contributed by atoms with Crippen LogP contribution in [0.5, 0.6) is 0 Å². The Kier molecular flexibility index (Phi) is 6.49. The Morgan fingerprint density at radius 1 is 1.38 bits per heavy atom. The van der Waals surface area contributed by atoms with Crippen LogP contribution in [0.3, 0.4) is 0 Å². The van der Waals surface area contributed by atoms with Crippen molar-refractivity contribution in [3.63, 3.8) is 0 Å². The zero-order valence-corrected chi connectivity index (χ0v) is 13.2. The van der Waals surface area contributed by atoms with Gasteiger partial charge < -0.3 is 15.3 Å². The molecule has 0 heterocycles. The molecule has 1 rings (SSSR count). The predicted molar refractivity (Wildman–Crippen MR) is 82.4 cm³/mol. The van der Waals surface area contributed by atoms with Gasteiger partial charge in [-0.15, -0.1) is 0 Å². The lowest BCUT2D eigenvalue weighted by atomic mass is 10.1. The molecule has 1 aromatic carbocycles. The van der Waals surface area contributed by atoms with Crippen molar-refractivity contribution in [1.29, 1.82) is 0 Å². The number of amides is 2. The molecule has 0 radical (unpaired) electrons. The first-order valence-electron chi connectivity index (χ1n) is 6.85. The van der Waals surface area contributed by atoms with E-state index in [1.807, 2.05) is 13.8 Å². The fourth-order valence-corrected chi connectivity index (χ4v) is 2.14. The smallest absolute Gasteiger partial charge is 0.331 e. The third kappa shape index (κ3) is 4.93. The van der Waals surface area contributed by atoms with Gasteiger partial charge in [0.25, 0.3) is 0 Å². The summed E-state index contributed by atoms with van der Waals surface area (Å²) >= 11 is 6.00. The van der Waals surface area contributed by atoms with Crippen LogP contribution in [-0.2, 0) is 4.79 Å². The van der Waals surface area contributed by atoms with Crippen LogP contribution < -0.4 is 5.32 Å². The molecular weight excluding hydrogens is 292 g/mol. The maximum absolute atomic E-state index is 12.1. The average Bonchev–Trinajstić information content (AvgIpc) is 2.44. The highest BCUT2D eigenvalue weighted by Gasteiger charge is 2.25. The topological polar surface area (TPSA) is 69.6 Å². The summed E-state index contributed by atoms with van der Waals surface area (Å²) in [5, 5.41) is 12.1. The van der Waals surface area contributed by atoms with Gasteiger partial charge in [-0.25, -0.2) is 9.59 Å². The number of hydrogen-bond donors (Lipinski definition) is 2. The zero-order chi connectivity index (χ0) is 16.0. The largest absolute Gasteiger partial charge is 0.479 e. The van der Waals surface area contributed by atoms with Crippen molar-refractivity contribution < 1.29 is 14.7 Å². The van der Waals surface area contributed by atoms with Crippen molar-refractivity contribution in [3.8, 4) is 0 Å². The van der Waals surface area contributed by atoms with Gasteiger partial charge in [-0.1, -0.05) is 50.1 Å². The summed E-state index contributed by atoms with van der Waals surface area (Å²) in [5.74, 6) is -0.794. The second kappa shape index (κ2) is 7.88. The van der Waals surface area contributed by atoms with Gasteiger partial charge in [0.15, 0.2) is 6.04 Å². The highest BCUT2D eigenvalue weighted by Crippen LogP contribution is 2.23. The first kappa shape index (κ1) is 17.3. The van der Waals surface area contributed by atoms with Crippen LogP contribution in [0.4, 0.5) is 4.79 Å². The van der Waals surface area contributed by atoms with Gasteiger partial charge in [-0.2, -0.15) is 0 Å². The van der Waals surface area contributed by atoms with Gasteiger partial charge in [-0.3, -0.25) is 0 Å². The lowest BCUT2D eigenvalue weighted by Gasteiger charge is -2.24. The van der Waals surface area contributed by atoms with Gasteiger partial charge in [0.2, 0.25) is 0 Å². The Morgan fingerprint density at radius 2 is 2.00 bits per heavy atom. The van der Waals surface area contributed by atoms with E-state index in [-0.39, 0.29) is 0 Å². The summed E-state index contributed by atoms with van der Waals surface area (Å²) in [7, 11) is 1.65. The molecule has 1 aromatic rings. The standard InChI is InChI=1S/C15H21ClN2O3/c1-4-10(2)9-18(3)15(21)17-13(14(19)20)11-7-5-6-8-12(11)16/h5-8,10,13H,4,9H2,1-3H3,(H,17,21)(H,19,20)/t10?,13-/m1/s1. The molecule has 2 N–H and O–H groups in total. The number of carboxylic acid groups (broad SMARTS) is 1. The fourth-order valence-electron chi connectivity index (χ4n) is 1.89. The summed E-state index contributed by atoms with van der Waals surface area (Å²) < 4.78 is 0. The van der Waals surface area contributed by atoms with E-state index in [4.69, 9.17) is 11.6 Å². The number of carbonyl (C=O) groups is 2. The zero-order valence-electron chi connectivity index (χ0n) is 12.5. The van der Waals surface area contributed by atoms with E-state index in [1.165, 1.54) is 4.90 Å². The second-order valence-electron chi connectivity index (χ2n) is 5.14. The minimum absolute atomic E-state index is 0.315. The van der Waals surface area contributed by atoms with Gasteiger partial charge in [0, 0.05) is 24.2 Å². The van der Waals surface area contributed by atoms with Gasteiger partial charge in [-0.05, 0) is 12.0 Å². The van der Waals surface area contributed by atoms with E-state index in [0.717, 1.165) is 6.42 Å². The highest BCUT2D eigenvalue weighted by molar-refractivity contribution is 6.31. The predicted octanol–water partition coefficient (Wildman–Crippen LogP) is 3.15. The summed E-state index contributed by atoms with van der Waals surface area (Å²) in [6, 6.07) is 5.00. The normalized spacial score (nSPS) is 13.3. The van der Waals surface area contributed by atoms with Crippen LogP contribution in [0.2, 0.25) is 5.02 Å². The molecule has 0 aromatic heterocycles. The third-order valence-corrected chi connectivity index (χ3v) is 3.70. The monoisotopic (exact) mass is 312 g/mol. The van der Waals surface area contributed by atoms with Gasteiger partial charge in [0.1, 0.15) is 0 Å². The maximum atomic E-state index is 12.1. The number of nitrogens with one attached hydrogen (secondary N) is 1. The van der Waals surface area contributed by atoms with E-state index in [0.29, 0.717) is 23.0 Å². The van der Waals surface area contributed by atoms with Crippen molar-refractivity contribution in [1.82, 2.24) is 10.2 Å². The molecule has 0 spiro atoms. The molecular formula is C15H21ClN2O3. The van der Waals surface area contributed by atoms with Crippen LogP contribution >= 0.6 is 11.6 Å². The van der Waals surface area contributed by atoms with Gasteiger partial charge in [0.05, 0.1) is 0 Å². The molecule has 0 aliphatic carbocycles. The average molecular weight is 313 g/mol. The van der Waals surface area contributed by atoms with Crippen molar-refractivity contribution in [3.05, 3.63) is 34.9 Å². The number of carboxylic acids is 1. The van der Waals surface area contributed by atoms with Crippen molar-refractivity contribution in [2.45, 2.75) is 26.3 Å². The lowest BCUT2D eigenvalue weighted by Crippen LogP contribution is -2.43. The van der Waals surface area contributed by atoms with E-state index in [2.05, 4.69) is 5.32 Å². The second-order valence-corrected chi connectivity index (χ2v) is 5.54. The minimum atomic E-state index is -1.16. The number of hydrogen-bond acceptors (Lipinski definition) is 2. The number of rotatable bonds is 6. The molecule has 2 amide bonds. The number of carbonyl (C=O) groups excluding carboxylic acids is 1. The summed E-state index contributed by atoms with van der Waals surface area (Å²) in [4.78, 5) is 25.0. The first-order valence-corrected chi connectivity index (χ1v) is 7.23. The van der Waals surface area contributed by atoms with Crippen LogP contribution in [0.1, 0.15) is 31.9 Å². The Balaban J connectivity index is 2.83. The van der Waals surface area contributed by atoms with E-state index < -0.39 is 18.0 Å². The first-order chi connectivity index (χ1) is 9.86. The highest BCUT2D eigenvalue weighted by atomic mass is 35.5. The number of benzene rings is 1. The molecule has 0 saturated carbocycles. The summed E-state index contributed by atoms with van der Waals surface area (Å²) in [6.45, 7) is 4.64. The molecule has 0 saturated heterocycles. The minimum Gasteiger partial charge on any atom is -0.479 e. The summed E-state index contributed by atoms with van der Waals surface area (Å²) in [5.41, 5.74) is 0.372. The molecule has 21 heavy (non-hydrogen) atoms. The Morgan fingerprint density at radius 3 is 2.52 bits per heavy atom.